The Morgan fingerprint density at radius 3 is 2.47 bits per heavy atom. The minimum Gasteiger partial charge on any atom is -0.493 e. The number of aryl methyl sites for hydroxylation is 1. The van der Waals surface area contributed by atoms with Gasteiger partial charge in [0.25, 0.3) is 5.56 Å². The summed E-state index contributed by atoms with van der Waals surface area (Å²) in [5.74, 6) is -0.904. The predicted octanol–water partition coefficient (Wildman–Crippen LogP) is 1.00. The van der Waals surface area contributed by atoms with Crippen LogP contribution in [0, 0.1) is 6.92 Å². The molecule has 1 heterocycles. The van der Waals surface area contributed by atoms with E-state index in [1.807, 2.05) is 0 Å². The molecule has 0 spiro atoms. The van der Waals surface area contributed by atoms with Gasteiger partial charge in [0, 0.05) is 0 Å². The van der Waals surface area contributed by atoms with Crippen molar-refractivity contribution in [1.82, 2.24) is 9.55 Å². The highest BCUT2D eigenvalue weighted by atomic mass is 16.4. The summed E-state index contributed by atoms with van der Waals surface area (Å²) in [7, 11) is 0. The molecule has 0 radical (unpaired) electrons. The zero-order valence-corrected chi connectivity index (χ0v) is 10.2. The summed E-state index contributed by atoms with van der Waals surface area (Å²) in [5, 5.41) is 18.0. The highest BCUT2D eigenvalue weighted by molar-refractivity contribution is 5.87. The highest BCUT2D eigenvalue weighted by Crippen LogP contribution is 2.08. The molecule has 2 N–H and O–H groups in total. The number of hydrogen-bond acceptors (Lipinski definition) is 4. The lowest BCUT2D eigenvalue weighted by molar-refractivity contribution is 0.0697. The molecule has 0 bridgehead atoms. The van der Waals surface area contributed by atoms with Crippen LogP contribution in [-0.2, 0) is 6.54 Å². The van der Waals surface area contributed by atoms with Gasteiger partial charge in [-0.3, -0.25) is 9.36 Å². The minimum atomic E-state index is -0.994. The molecule has 6 heteroatoms. The monoisotopic (exact) mass is 260 g/mol. The molecule has 0 aliphatic heterocycles. The lowest BCUT2D eigenvalue weighted by Gasteiger charge is -2.09. The fraction of sp³-hybridized carbons (Fsp3) is 0.154. The molecule has 2 rings (SSSR count). The first-order chi connectivity index (χ1) is 8.97. The van der Waals surface area contributed by atoms with Gasteiger partial charge in [-0.15, -0.1) is 0 Å². The van der Waals surface area contributed by atoms with E-state index in [1.165, 1.54) is 16.7 Å². The van der Waals surface area contributed by atoms with Gasteiger partial charge in [0.1, 0.15) is 5.82 Å². The molecular weight excluding hydrogens is 248 g/mol. The van der Waals surface area contributed by atoms with Crippen LogP contribution in [0.2, 0.25) is 0 Å². The van der Waals surface area contributed by atoms with Crippen LogP contribution in [0.4, 0.5) is 0 Å². The normalized spacial score (nSPS) is 10.4. The van der Waals surface area contributed by atoms with Crippen molar-refractivity contribution in [2.24, 2.45) is 0 Å². The predicted molar refractivity (Wildman–Crippen MR) is 67.4 cm³/mol. The third-order valence-corrected chi connectivity index (χ3v) is 2.73. The minimum absolute atomic E-state index is 0.191. The van der Waals surface area contributed by atoms with Crippen molar-refractivity contribution in [3.63, 3.8) is 0 Å². The van der Waals surface area contributed by atoms with Gasteiger partial charge in [-0.2, -0.15) is 0 Å². The molecule has 0 unspecified atom stereocenters. The number of rotatable bonds is 3. The first-order valence-corrected chi connectivity index (χ1v) is 5.57. The number of carboxylic acid groups (broad SMARTS) is 1. The van der Waals surface area contributed by atoms with E-state index in [0.717, 1.165) is 11.6 Å². The molecular formula is C13H12N2O4. The molecule has 0 amide bonds. The summed E-state index contributed by atoms with van der Waals surface area (Å²) in [5.41, 5.74) is 0.617. The summed E-state index contributed by atoms with van der Waals surface area (Å²) in [6.45, 7) is 1.89. The van der Waals surface area contributed by atoms with Crippen LogP contribution in [0.15, 0.2) is 35.1 Å². The molecule has 1 aromatic carbocycles. The molecule has 0 atom stereocenters. The Labute approximate surface area is 108 Å². The first-order valence-electron chi connectivity index (χ1n) is 5.57. The van der Waals surface area contributed by atoms with E-state index in [0.29, 0.717) is 5.82 Å². The van der Waals surface area contributed by atoms with Crippen molar-refractivity contribution in [2.75, 3.05) is 0 Å². The van der Waals surface area contributed by atoms with Gasteiger partial charge < -0.3 is 10.2 Å². The topological polar surface area (TPSA) is 92.4 Å². The van der Waals surface area contributed by atoms with Crippen LogP contribution in [0.3, 0.4) is 0 Å². The molecule has 98 valence electrons. The van der Waals surface area contributed by atoms with Gasteiger partial charge >= 0.3 is 5.97 Å². The van der Waals surface area contributed by atoms with E-state index in [4.69, 9.17) is 5.11 Å². The Kier molecular flexibility index (Phi) is 3.33. The Morgan fingerprint density at radius 1 is 1.32 bits per heavy atom. The van der Waals surface area contributed by atoms with Gasteiger partial charge in [-0.05, 0) is 24.6 Å². The van der Waals surface area contributed by atoms with Crippen LogP contribution in [-0.4, -0.2) is 25.7 Å². The van der Waals surface area contributed by atoms with Crippen molar-refractivity contribution in [1.29, 1.82) is 0 Å². The van der Waals surface area contributed by atoms with Gasteiger partial charge in [0.2, 0.25) is 5.88 Å². The second-order valence-corrected chi connectivity index (χ2v) is 4.09. The molecule has 0 aliphatic carbocycles. The number of carbonyl (C=O) groups is 1. The quantitative estimate of drug-likeness (QED) is 0.859. The maximum atomic E-state index is 11.7. The van der Waals surface area contributed by atoms with E-state index in [1.54, 1.807) is 19.1 Å². The van der Waals surface area contributed by atoms with E-state index >= 15 is 0 Å². The summed E-state index contributed by atoms with van der Waals surface area (Å²) >= 11 is 0. The number of aromatic hydroxyl groups is 1. The summed E-state index contributed by atoms with van der Waals surface area (Å²) in [4.78, 5) is 26.2. The van der Waals surface area contributed by atoms with Gasteiger partial charge in [0.15, 0.2) is 0 Å². The van der Waals surface area contributed by atoms with Gasteiger partial charge in [-0.25, -0.2) is 9.78 Å². The summed E-state index contributed by atoms with van der Waals surface area (Å²) < 4.78 is 1.40. The molecule has 19 heavy (non-hydrogen) atoms. The van der Waals surface area contributed by atoms with Gasteiger partial charge in [0.05, 0.1) is 18.2 Å². The number of hydrogen-bond donors (Lipinski definition) is 2. The maximum Gasteiger partial charge on any atom is 0.335 e. The molecule has 1 aromatic heterocycles. The molecule has 0 saturated heterocycles. The van der Waals surface area contributed by atoms with Gasteiger partial charge in [-0.1, -0.05) is 12.1 Å². The lowest BCUT2D eigenvalue weighted by atomic mass is 10.1. The van der Waals surface area contributed by atoms with E-state index in [2.05, 4.69) is 4.98 Å². The second-order valence-electron chi connectivity index (χ2n) is 4.09. The SMILES string of the molecule is Cc1nc(O)cc(=O)n1Cc1ccc(C(=O)O)cc1. The smallest absolute Gasteiger partial charge is 0.335 e. The van der Waals surface area contributed by atoms with E-state index in [-0.39, 0.29) is 23.5 Å². The highest BCUT2D eigenvalue weighted by Gasteiger charge is 2.06. The zero-order valence-electron chi connectivity index (χ0n) is 10.2. The maximum absolute atomic E-state index is 11.7. The standard InChI is InChI=1S/C13H12N2O4/c1-8-14-11(16)6-12(17)15(8)7-9-2-4-10(5-3-9)13(18)19/h2-6,16H,7H2,1H3,(H,18,19). The van der Waals surface area contributed by atoms with Crippen LogP contribution in [0.25, 0.3) is 0 Å². The van der Waals surface area contributed by atoms with Crippen molar-refractivity contribution < 1.29 is 15.0 Å². The van der Waals surface area contributed by atoms with E-state index in [9.17, 15) is 14.7 Å². The van der Waals surface area contributed by atoms with E-state index < -0.39 is 5.97 Å². The zero-order chi connectivity index (χ0) is 14.0. The molecule has 0 aliphatic rings. The first kappa shape index (κ1) is 12.8. The number of benzene rings is 1. The van der Waals surface area contributed by atoms with Crippen molar-refractivity contribution in [3.05, 3.63) is 57.6 Å². The molecule has 0 saturated carbocycles. The number of aromatic nitrogens is 2. The molecule has 2 aromatic rings. The van der Waals surface area contributed by atoms with Crippen LogP contribution in [0.1, 0.15) is 21.7 Å². The number of aromatic carboxylic acids is 1. The lowest BCUT2D eigenvalue weighted by Crippen LogP contribution is -2.23. The average Bonchev–Trinajstić information content (AvgIpc) is 2.34. The summed E-state index contributed by atoms with van der Waals surface area (Å²) in [6.07, 6.45) is 0. The van der Waals surface area contributed by atoms with Crippen molar-refractivity contribution in [3.8, 4) is 5.88 Å². The molecule has 0 fully saturated rings. The fourth-order valence-electron chi connectivity index (χ4n) is 1.73. The Morgan fingerprint density at radius 2 is 1.95 bits per heavy atom. The Hall–Kier alpha value is -2.63. The largest absolute Gasteiger partial charge is 0.493 e. The van der Waals surface area contributed by atoms with Crippen LogP contribution >= 0.6 is 0 Å². The number of nitrogens with zero attached hydrogens (tertiary/aromatic N) is 2. The van der Waals surface area contributed by atoms with Crippen LogP contribution < -0.4 is 5.56 Å². The second kappa shape index (κ2) is 4.93. The van der Waals surface area contributed by atoms with Crippen molar-refractivity contribution in [2.45, 2.75) is 13.5 Å². The summed E-state index contributed by atoms with van der Waals surface area (Å²) in [6, 6.07) is 7.28. The fourth-order valence-corrected chi connectivity index (χ4v) is 1.73. The number of carboxylic acids is 1. The Balaban J connectivity index is 2.31. The molecule has 6 nitrogen and oxygen atoms in total. The third-order valence-electron chi connectivity index (χ3n) is 2.73. The van der Waals surface area contributed by atoms with Crippen molar-refractivity contribution >= 4 is 5.97 Å². The Bertz CT molecular complexity index is 674. The third kappa shape index (κ3) is 2.79. The average molecular weight is 260 g/mol. The van der Waals surface area contributed by atoms with Crippen LogP contribution in [0.5, 0.6) is 5.88 Å².